The van der Waals surface area contributed by atoms with E-state index in [2.05, 4.69) is 10.6 Å². The van der Waals surface area contributed by atoms with Crippen LogP contribution in [-0.4, -0.2) is 71.5 Å². The summed E-state index contributed by atoms with van der Waals surface area (Å²) in [5, 5.41) is 6.31. The molecule has 4 N–H and O–H groups in total. The minimum atomic E-state index is -0.841. The molecule has 0 radical (unpaired) electrons. The first-order valence-corrected chi connectivity index (χ1v) is 13.2. The summed E-state index contributed by atoms with van der Waals surface area (Å²) in [6, 6.07) is 6.23. The molecule has 0 spiro atoms. The Morgan fingerprint density at radius 1 is 0.971 bits per heavy atom. The van der Waals surface area contributed by atoms with Crippen molar-refractivity contribution in [2.24, 2.45) is 5.73 Å². The van der Waals surface area contributed by atoms with E-state index in [1.165, 1.54) is 6.42 Å². The van der Waals surface area contributed by atoms with E-state index < -0.39 is 12.1 Å². The monoisotopic (exact) mass is 483 g/mol. The van der Waals surface area contributed by atoms with Crippen LogP contribution in [-0.2, 0) is 9.59 Å². The first kappa shape index (κ1) is 23.9. The van der Waals surface area contributed by atoms with Gasteiger partial charge in [0.2, 0.25) is 11.8 Å². The van der Waals surface area contributed by atoms with Crippen LogP contribution in [0.3, 0.4) is 0 Å². The summed E-state index contributed by atoms with van der Waals surface area (Å²) in [4.78, 5) is 43.1. The van der Waals surface area contributed by atoms with Gasteiger partial charge in [-0.2, -0.15) is 0 Å². The second-order valence-electron chi connectivity index (χ2n) is 10.4. The Hall–Kier alpha value is -2.81. The lowest BCUT2D eigenvalue weighted by Gasteiger charge is -2.38. The van der Waals surface area contributed by atoms with Crippen LogP contribution in [0, 0.1) is 0 Å². The molecule has 9 heteroatoms. The van der Waals surface area contributed by atoms with Gasteiger partial charge in [-0.1, -0.05) is 37.5 Å². The maximum atomic E-state index is 13.4. The van der Waals surface area contributed by atoms with E-state index >= 15 is 0 Å². The van der Waals surface area contributed by atoms with Crippen molar-refractivity contribution >= 4 is 17.8 Å². The molecule has 2 saturated heterocycles. The quantitative estimate of drug-likeness (QED) is 0.609. The molecule has 190 valence electrons. The minimum absolute atomic E-state index is 0.0865. The zero-order valence-corrected chi connectivity index (χ0v) is 20.3. The van der Waals surface area contributed by atoms with Crippen molar-refractivity contribution in [3.63, 3.8) is 0 Å². The van der Waals surface area contributed by atoms with Crippen LogP contribution in [0.2, 0.25) is 0 Å². The first-order valence-electron chi connectivity index (χ1n) is 13.2. The number of rotatable bonds is 3. The summed E-state index contributed by atoms with van der Waals surface area (Å²) >= 11 is 0. The van der Waals surface area contributed by atoms with Crippen molar-refractivity contribution in [1.29, 1.82) is 0 Å². The van der Waals surface area contributed by atoms with Gasteiger partial charge in [-0.15, -0.1) is 0 Å². The van der Waals surface area contributed by atoms with Crippen LogP contribution < -0.4 is 21.1 Å². The summed E-state index contributed by atoms with van der Waals surface area (Å²) in [5.41, 5.74) is 7.28. The Balaban J connectivity index is 1.23. The third-order valence-corrected chi connectivity index (χ3v) is 8.02. The molecule has 1 aliphatic carbocycles. The lowest BCUT2D eigenvalue weighted by molar-refractivity contribution is -0.142. The van der Waals surface area contributed by atoms with Crippen LogP contribution >= 0.6 is 0 Å². The van der Waals surface area contributed by atoms with Gasteiger partial charge < -0.3 is 30.9 Å². The highest BCUT2D eigenvalue weighted by Crippen LogP contribution is 2.33. The number of para-hydroxylation sites is 1. The number of hydrogen-bond acceptors (Lipinski definition) is 5. The van der Waals surface area contributed by atoms with Crippen LogP contribution in [0.1, 0.15) is 69.4 Å². The largest absolute Gasteiger partial charge is 0.493 e. The van der Waals surface area contributed by atoms with E-state index in [1.807, 2.05) is 24.3 Å². The smallest absolute Gasteiger partial charge is 0.317 e. The number of nitrogens with one attached hydrogen (secondary N) is 2. The van der Waals surface area contributed by atoms with Crippen molar-refractivity contribution in [2.45, 2.75) is 88.0 Å². The Bertz CT molecular complexity index is 949. The fourth-order valence-electron chi connectivity index (χ4n) is 6.12. The molecule has 0 unspecified atom stereocenters. The summed E-state index contributed by atoms with van der Waals surface area (Å²) in [5.74, 6) is 0.418. The van der Waals surface area contributed by atoms with Gasteiger partial charge in [-0.25, -0.2) is 4.79 Å². The van der Waals surface area contributed by atoms with Gasteiger partial charge in [-0.3, -0.25) is 9.59 Å². The van der Waals surface area contributed by atoms with E-state index in [-0.39, 0.29) is 42.5 Å². The van der Waals surface area contributed by atoms with Crippen LogP contribution in [0.25, 0.3) is 0 Å². The molecule has 3 aliphatic heterocycles. The molecular formula is C26H37N5O4. The van der Waals surface area contributed by atoms with E-state index in [0.717, 1.165) is 43.4 Å². The molecule has 4 aliphatic rings. The maximum Gasteiger partial charge on any atom is 0.317 e. The zero-order chi connectivity index (χ0) is 24.4. The Labute approximate surface area is 206 Å². The molecule has 3 heterocycles. The molecule has 0 aromatic heterocycles. The number of nitrogens with two attached hydrogens (primary N) is 1. The molecule has 1 saturated carbocycles. The highest BCUT2D eigenvalue weighted by atomic mass is 16.5. The highest BCUT2D eigenvalue weighted by Gasteiger charge is 2.44. The fourth-order valence-corrected chi connectivity index (χ4v) is 6.12. The third-order valence-electron chi connectivity index (χ3n) is 8.02. The molecule has 1 aromatic rings. The molecule has 4 amide bonds. The Kier molecular flexibility index (Phi) is 7.13. The van der Waals surface area contributed by atoms with E-state index in [1.54, 1.807) is 9.80 Å². The van der Waals surface area contributed by atoms with Gasteiger partial charge in [0.15, 0.2) is 0 Å². The number of hydrogen-bond donors (Lipinski definition) is 3. The summed E-state index contributed by atoms with van der Waals surface area (Å²) in [6.07, 6.45) is 8.21. The molecule has 3 fully saturated rings. The van der Waals surface area contributed by atoms with Gasteiger partial charge in [0.1, 0.15) is 17.8 Å². The number of carbonyl (C=O) groups excluding carboxylic acids is 3. The molecule has 1 aromatic carbocycles. The van der Waals surface area contributed by atoms with Crippen molar-refractivity contribution in [3.05, 3.63) is 29.8 Å². The highest BCUT2D eigenvalue weighted by molar-refractivity contribution is 5.91. The number of urea groups is 1. The second-order valence-corrected chi connectivity index (χ2v) is 10.4. The topological polar surface area (TPSA) is 117 Å². The van der Waals surface area contributed by atoms with Gasteiger partial charge in [0.25, 0.3) is 0 Å². The number of fused-ring (bicyclic) bond motifs is 2. The van der Waals surface area contributed by atoms with Crippen molar-refractivity contribution in [3.8, 4) is 5.75 Å². The maximum absolute atomic E-state index is 13.4. The van der Waals surface area contributed by atoms with Gasteiger partial charge in [0, 0.05) is 37.2 Å². The lowest BCUT2D eigenvalue weighted by atomic mass is 9.96. The number of carbonyl (C=O) groups is 3. The SMILES string of the molecule is N[C@H]1CN(C(=O)NC2CCCCC2)CC[C@H]2CC[C@@H](C(=O)N[C@@H]3CCOc4ccccc43)N2C1=O. The average molecular weight is 484 g/mol. The van der Waals surface area contributed by atoms with E-state index in [0.29, 0.717) is 32.4 Å². The van der Waals surface area contributed by atoms with Crippen molar-refractivity contribution in [1.82, 2.24) is 20.4 Å². The predicted molar refractivity (Wildman–Crippen MR) is 131 cm³/mol. The van der Waals surface area contributed by atoms with Crippen molar-refractivity contribution in [2.75, 3.05) is 19.7 Å². The van der Waals surface area contributed by atoms with Crippen LogP contribution in [0.15, 0.2) is 24.3 Å². The molecular weight excluding hydrogens is 446 g/mol. The number of amides is 4. The summed E-state index contributed by atoms with van der Waals surface area (Å²) in [6.45, 7) is 1.24. The van der Waals surface area contributed by atoms with Gasteiger partial charge >= 0.3 is 6.03 Å². The summed E-state index contributed by atoms with van der Waals surface area (Å²) < 4.78 is 5.72. The van der Waals surface area contributed by atoms with Gasteiger partial charge in [-0.05, 0) is 38.2 Å². The third kappa shape index (κ3) is 5.10. The van der Waals surface area contributed by atoms with Crippen LogP contribution in [0.5, 0.6) is 5.75 Å². The predicted octanol–water partition coefficient (Wildman–Crippen LogP) is 2.06. The Morgan fingerprint density at radius 2 is 1.77 bits per heavy atom. The molecule has 5 rings (SSSR count). The molecule has 0 bridgehead atoms. The molecule has 9 nitrogen and oxygen atoms in total. The minimum Gasteiger partial charge on any atom is -0.493 e. The van der Waals surface area contributed by atoms with Crippen LogP contribution in [0.4, 0.5) is 4.79 Å². The average Bonchev–Trinajstić information content (AvgIpc) is 3.29. The number of ether oxygens (including phenoxy) is 1. The normalized spacial score (nSPS) is 29.3. The lowest BCUT2D eigenvalue weighted by Crippen LogP contribution is -2.60. The van der Waals surface area contributed by atoms with E-state index in [9.17, 15) is 14.4 Å². The molecule has 4 atom stereocenters. The fraction of sp³-hybridized carbons (Fsp3) is 0.654. The first-order chi connectivity index (χ1) is 17.0. The number of nitrogens with zero attached hydrogens (tertiary/aromatic N) is 2. The van der Waals surface area contributed by atoms with E-state index in [4.69, 9.17) is 10.5 Å². The second kappa shape index (κ2) is 10.4. The number of benzene rings is 1. The van der Waals surface area contributed by atoms with Crippen molar-refractivity contribution < 1.29 is 19.1 Å². The molecule has 35 heavy (non-hydrogen) atoms. The standard InChI is InChI=1S/C26H37N5O4/c27-20-16-30(26(34)28-17-6-2-1-3-7-17)14-12-18-10-11-22(31(18)25(20)33)24(32)29-21-13-15-35-23-9-5-4-8-19(21)23/h4-5,8-9,17-18,20-22H,1-3,6-7,10-16,27H2,(H,28,34)(H,29,32)/t18-,20+,21-,22+/m1/s1. The zero-order valence-electron chi connectivity index (χ0n) is 20.3. The Morgan fingerprint density at radius 3 is 2.60 bits per heavy atom. The van der Waals surface area contributed by atoms with Gasteiger partial charge in [0.05, 0.1) is 12.6 Å². The summed E-state index contributed by atoms with van der Waals surface area (Å²) in [7, 11) is 0.